The molecule has 6 heteroatoms. The van der Waals surface area contributed by atoms with Gasteiger partial charge in [-0.15, -0.1) is 0 Å². The highest BCUT2D eigenvalue weighted by Gasteiger charge is 2.37. The molecule has 2 fully saturated rings. The normalized spacial score (nSPS) is 23.2. The summed E-state index contributed by atoms with van der Waals surface area (Å²) in [6, 6.07) is 10.1. The molecule has 1 heterocycles. The van der Waals surface area contributed by atoms with Crippen LogP contribution in [0.15, 0.2) is 30.3 Å². The van der Waals surface area contributed by atoms with E-state index in [0.29, 0.717) is 25.4 Å². The van der Waals surface area contributed by atoms with Crippen LogP contribution >= 0.6 is 0 Å². The highest BCUT2D eigenvalue weighted by molar-refractivity contribution is 7.89. The Bertz CT molecular complexity index is 686. The third-order valence-corrected chi connectivity index (χ3v) is 7.20. The molecule has 5 nitrogen and oxygen atoms in total. The summed E-state index contributed by atoms with van der Waals surface area (Å²) >= 11 is 0. The van der Waals surface area contributed by atoms with Crippen molar-refractivity contribution < 1.29 is 13.2 Å². The molecule has 3 rings (SSSR count). The molecule has 1 saturated heterocycles. The molecule has 138 valence electrons. The summed E-state index contributed by atoms with van der Waals surface area (Å²) in [6.45, 7) is 2.73. The van der Waals surface area contributed by atoms with E-state index in [1.54, 1.807) is 0 Å². The second-order valence-corrected chi connectivity index (χ2v) is 9.34. The zero-order chi connectivity index (χ0) is 17.9. The third kappa shape index (κ3) is 4.61. The predicted molar refractivity (Wildman–Crippen MR) is 98.4 cm³/mol. The van der Waals surface area contributed by atoms with Crippen LogP contribution in [0.1, 0.15) is 50.6 Å². The van der Waals surface area contributed by atoms with E-state index in [4.69, 9.17) is 0 Å². The van der Waals surface area contributed by atoms with E-state index in [9.17, 15) is 13.2 Å². The summed E-state index contributed by atoms with van der Waals surface area (Å²) < 4.78 is 26.1. The fourth-order valence-corrected chi connectivity index (χ4v) is 5.22. The van der Waals surface area contributed by atoms with Gasteiger partial charge in [-0.3, -0.25) is 4.79 Å². The number of nitrogens with one attached hydrogen (secondary N) is 1. The van der Waals surface area contributed by atoms with Crippen LogP contribution in [0.5, 0.6) is 0 Å². The minimum Gasteiger partial charge on any atom is -0.349 e. The van der Waals surface area contributed by atoms with E-state index in [1.807, 2.05) is 25.1 Å². The van der Waals surface area contributed by atoms with Gasteiger partial charge in [0, 0.05) is 13.1 Å². The van der Waals surface area contributed by atoms with Gasteiger partial charge in [0.25, 0.3) is 0 Å². The molecule has 2 aliphatic rings. The van der Waals surface area contributed by atoms with Crippen molar-refractivity contribution in [2.75, 3.05) is 18.8 Å². The van der Waals surface area contributed by atoms with Crippen LogP contribution in [0.4, 0.5) is 0 Å². The molecule has 1 aliphatic carbocycles. The standard InChI is InChI=1S/C19H28N2O3S/c1-2-13-25(23,24)21-12-6-9-17(14-21)19(22)20-18(16-10-11-16)15-7-4-3-5-8-15/h3-5,7-8,16-18H,2,6,9-14H2,1H3,(H,20,22)/t17-,18+/m0/s1. The van der Waals surface area contributed by atoms with Gasteiger partial charge in [0.05, 0.1) is 17.7 Å². The largest absolute Gasteiger partial charge is 0.349 e. The van der Waals surface area contributed by atoms with Gasteiger partial charge in [-0.1, -0.05) is 37.3 Å². The Morgan fingerprint density at radius 2 is 1.96 bits per heavy atom. The van der Waals surface area contributed by atoms with Gasteiger partial charge in [-0.05, 0) is 43.6 Å². The fourth-order valence-electron chi connectivity index (χ4n) is 3.63. The minimum absolute atomic E-state index is 0.00264. The second kappa shape index (κ2) is 7.87. The molecule has 0 bridgehead atoms. The quantitative estimate of drug-likeness (QED) is 0.809. The van der Waals surface area contributed by atoms with Crippen LogP contribution in [0.25, 0.3) is 0 Å². The molecule has 0 radical (unpaired) electrons. The Morgan fingerprint density at radius 1 is 1.24 bits per heavy atom. The van der Waals surface area contributed by atoms with Crippen LogP contribution in [-0.2, 0) is 14.8 Å². The smallest absolute Gasteiger partial charge is 0.224 e. The van der Waals surface area contributed by atoms with Crippen molar-refractivity contribution in [2.45, 2.75) is 45.1 Å². The lowest BCUT2D eigenvalue weighted by Crippen LogP contribution is -2.46. The molecule has 25 heavy (non-hydrogen) atoms. The Balaban J connectivity index is 1.66. The zero-order valence-electron chi connectivity index (χ0n) is 14.9. The average molecular weight is 365 g/mol. The monoisotopic (exact) mass is 364 g/mol. The lowest BCUT2D eigenvalue weighted by atomic mass is 9.96. The highest BCUT2D eigenvalue weighted by Crippen LogP contribution is 2.41. The van der Waals surface area contributed by atoms with Crippen LogP contribution < -0.4 is 5.32 Å². The number of amides is 1. The summed E-state index contributed by atoms with van der Waals surface area (Å²) in [4.78, 5) is 12.8. The second-order valence-electron chi connectivity index (χ2n) is 7.25. The molecule has 1 amide bonds. The molecule has 1 saturated carbocycles. The zero-order valence-corrected chi connectivity index (χ0v) is 15.7. The van der Waals surface area contributed by atoms with Gasteiger partial charge in [-0.2, -0.15) is 0 Å². The molecule has 0 unspecified atom stereocenters. The van der Waals surface area contributed by atoms with Gasteiger partial charge in [0.15, 0.2) is 0 Å². The van der Waals surface area contributed by atoms with Gasteiger partial charge in [-0.25, -0.2) is 12.7 Å². The van der Waals surface area contributed by atoms with Crippen molar-refractivity contribution in [1.82, 2.24) is 9.62 Å². The molecule has 2 atom stereocenters. The number of benzene rings is 1. The lowest BCUT2D eigenvalue weighted by Gasteiger charge is -2.32. The van der Waals surface area contributed by atoms with E-state index in [-0.39, 0.29) is 23.6 Å². The van der Waals surface area contributed by atoms with Crippen LogP contribution in [0.2, 0.25) is 0 Å². The number of carbonyl (C=O) groups excluding carboxylic acids is 1. The molecule has 1 aromatic rings. The number of hydrogen-bond acceptors (Lipinski definition) is 3. The van der Waals surface area contributed by atoms with Crippen molar-refractivity contribution in [3.05, 3.63) is 35.9 Å². The third-order valence-electron chi connectivity index (χ3n) is 5.16. The molecule has 1 aliphatic heterocycles. The molecule has 1 aromatic carbocycles. The SMILES string of the molecule is CCCS(=O)(=O)N1CCC[C@H](C(=O)N[C@H](c2ccccc2)C2CC2)C1. The minimum atomic E-state index is -3.23. The van der Waals surface area contributed by atoms with Crippen LogP contribution in [-0.4, -0.2) is 37.5 Å². The summed E-state index contributed by atoms with van der Waals surface area (Å²) in [5, 5.41) is 3.21. The average Bonchev–Trinajstić information content (AvgIpc) is 3.45. The first-order valence-corrected chi connectivity index (χ1v) is 11.0. The maximum absolute atomic E-state index is 12.8. The molecular weight excluding hydrogens is 336 g/mol. The van der Waals surface area contributed by atoms with Gasteiger partial charge < -0.3 is 5.32 Å². The number of hydrogen-bond donors (Lipinski definition) is 1. The Labute approximate surface area is 150 Å². The summed E-state index contributed by atoms with van der Waals surface area (Å²) in [6.07, 6.45) is 4.40. The highest BCUT2D eigenvalue weighted by atomic mass is 32.2. The summed E-state index contributed by atoms with van der Waals surface area (Å²) in [7, 11) is -3.23. The summed E-state index contributed by atoms with van der Waals surface area (Å²) in [5.74, 6) is 0.424. The molecule has 0 aromatic heterocycles. The van der Waals surface area contributed by atoms with E-state index in [1.165, 1.54) is 4.31 Å². The molecular formula is C19H28N2O3S. The number of nitrogens with zero attached hydrogens (tertiary/aromatic N) is 1. The number of carbonyl (C=O) groups is 1. The molecule has 0 spiro atoms. The van der Waals surface area contributed by atoms with E-state index < -0.39 is 10.0 Å². The Morgan fingerprint density at radius 3 is 2.60 bits per heavy atom. The van der Waals surface area contributed by atoms with Crippen molar-refractivity contribution in [3.8, 4) is 0 Å². The number of sulfonamides is 1. The summed E-state index contributed by atoms with van der Waals surface area (Å²) in [5.41, 5.74) is 1.14. The number of rotatable bonds is 7. The van der Waals surface area contributed by atoms with Crippen molar-refractivity contribution in [2.24, 2.45) is 11.8 Å². The first kappa shape index (κ1) is 18.4. The van der Waals surface area contributed by atoms with Gasteiger partial charge in [0.1, 0.15) is 0 Å². The van der Waals surface area contributed by atoms with Gasteiger partial charge in [0.2, 0.25) is 15.9 Å². The van der Waals surface area contributed by atoms with Gasteiger partial charge >= 0.3 is 0 Å². The Kier molecular flexibility index (Phi) is 5.79. The van der Waals surface area contributed by atoms with Crippen molar-refractivity contribution in [1.29, 1.82) is 0 Å². The fraction of sp³-hybridized carbons (Fsp3) is 0.632. The Hall–Kier alpha value is -1.40. The van der Waals surface area contributed by atoms with E-state index in [2.05, 4.69) is 17.4 Å². The predicted octanol–water partition coefficient (Wildman–Crippen LogP) is 2.71. The van der Waals surface area contributed by atoms with Crippen LogP contribution in [0, 0.1) is 11.8 Å². The van der Waals surface area contributed by atoms with E-state index >= 15 is 0 Å². The topological polar surface area (TPSA) is 66.5 Å². The van der Waals surface area contributed by atoms with E-state index in [0.717, 1.165) is 31.2 Å². The van der Waals surface area contributed by atoms with Crippen LogP contribution in [0.3, 0.4) is 0 Å². The first-order chi connectivity index (χ1) is 12.0. The molecule has 1 N–H and O–H groups in total. The number of piperidine rings is 1. The maximum Gasteiger partial charge on any atom is 0.224 e. The first-order valence-electron chi connectivity index (χ1n) is 9.34. The maximum atomic E-state index is 12.8. The van der Waals surface area contributed by atoms with Crippen molar-refractivity contribution >= 4 is 15.9 Å². The van der Waals surface area contributed by atoms with Crippen molar-refractivity contribution in [3.63, 3.8) is 0 Å². The lowest BCUT2D eigenvalue weighted by molar-refractivity contribution is -0.127.